The largest absolute Gasteiger partial charge is 0.348 e. The van der Waals surface area contributed by atoms with Crippen LogP contribution in [0.1, 0.15) is 47.8 Å². The maximum Gasteiger partial charge on any atom is 0.273 e. The number of hydrogen-bond acceptors (Lipinski definition) is 4. The van der Waals surface area contributed by atoms with Gasteiger partial charge in [-0.2, -0.15) is 0 Å². The summed E-state index contributed by atoms with van der Waals surface area (Å²) < 4.78 is 1.87. The molecule has 1 aromatic carbocycles. The molecule has 1 saturated heterocycles. The molecule has 1 saturated carbocycles. The number of piperidine rings is 1. The number of nitrogens with one attached hydrogen (secondary N) is 1. The predicted octanol–water partition coefficient (Wildman–Crippen LogP) is 2.52. The lowest BCUT2D eigenvalue weighted by Crippen LogP contribution is -2.34. The predicted molar refractivity (Wildman–Crippen MR) is 101 cm³/mol. The van der Waals surface area contributed by atoms with Crippen LogP contribution in [0.4, 0.5) is 0 Å². The molecule has 4 rings (SSSR count). The molecule has 0 unspecified atom stereocenters. The van der Waals surface area contributed by atoms with Gasteiger partial charge in [-0.25, -0.2) is 4.68 Å². The van der Waals surface area contributed by atoms with E-state index < -0.39 is 0 Å². The van der Waals surface area contributed by atoms with Crippen molar-refractivity contribution in [2.24, 2.45) is 0 Å². The second kappa shape index (κ2) is 7.83. The lowest BCUT2D eigenvalue weighted by atomic mass is 10.1. The Labute approximate surface area is 153 Å². The lowest BCUT2D eigenvalue weighted by molar-refractivity contribution is 0.0946. The smallest absolute Gasteiger partial charge is 0.273 e. The first-order valence-corrected chi connectivity index (χ1v) is 9.44. The van der Waals surface area contributed by atoms with Crippen molar-refractivity contribution in [3.8, 4) is 0 Å². The summed E-state index contributed by atoms with van der Waals surface area (Å²) in [5, 5.41) is 11.2. The third kappa shape index (κ3) is 4.38. The summed E-state index contributed by atoms with van der Waals surface area (Å²) in [5.74, 6) is -0.0952. The fourth-order valence-electron chi connectivity index (χ4n) is 3.31. The fourth-order valence-corrected chi connectivity index (χ4v) is 3.31. The van der Waals surface area contributed by atoms with Gasteiger partial charge >= 0.3 is 0 Å². The van der Waals surface area contributed by atoms with Gasteiger partial charge in [0.15, 0.2) is 5.69 Å². The van der Waals surface area contributed by atoms with E-state index in [1.165, 1.54) is 5.56 Å². The van der Waals surface area contributed by atoms with E-state index in [0.29, 0.717) is 17.8 Å². The Kier molecular flexibility index (Phi) is 5.11. The van der Waals surface area contributed by atoms with Gasteiger partial charge < -0.3 is 5.32 Å². The molecule has 0 atom stereocenters. The summed E-state index contributed by atoms with van der Waals surface area (Å²) in [5.41, 5.74) is 1.67. The minimum Gasteiger partial charge on any atom is -0.348 e. The molecule has 136 valence electrons. The molecule has 0 radical (unpaired) electrons. The van der Waals surface area contributed by atoms with Crippen LogP contribution < -0.4 is 5.32 Å². The van der Waals surface area contributed by atoms with Gasteiger partial charge in [-0.15, -0.1) is 5.10 Å². The van der Waals surface area contributed by atoms with Crippen molar-refractivity contribution in [3.63, 3.8) is 0 Å². The van der Waals surface area contributed by atoms with Gasteiger partial charge in [-0.3, -0.25) is 9.69 Å². The molecule has 26 heavy (non-hydrogen) atoms. The highest BCUT2D eigenvalue weighted by Crippen LogP contribution is 2.22. The van der Waals surface area contributed by atoms with E-state index in [0.717, 1.165) is 45.3 Å². The summed E-state index contributed by atoms with van der Waals surface area (Å²) in [4.78, 5) is 14.5. The number of benzene rings is 1. The number of carbonyl (C=O) groups excluding carboxylic acids is 1. The van der Waals surface area contributed by atoms with Gasteiger partial charge in [-0.05, 0) is 31.2 Å². The Balaban J connectivity index is 1.25. The van der Waals surface area contributed by atoms with Crippen molar-refractivity contribution in [1.29, 1.82) is 0 Å². The molecule has 1 amide bonds. The zero-order chi connectivity index (χ0) is 17.8. The highest BCUT2D eigenvalue weighted by atomic mass is 16.2. The van der Waals surface area contributed by atoms with Crippen molar-refractivity contribution in [2.75, 3.05) is 19.6 Å². The van der Waals surface area contributed by atoms with Crippen molar-refractivity contribution >= 4 is 12.0 Å². The van der Waals surface area contributed by atoms with Gasteiger partial charge in [0.05, 0.1) is 12.2 Å². The molecule has 0 bridgehead atoms. The summed E-state index contributed by atoms with van der Waals surface area (Å²) in [7, 11) is 0. The number of rotatable bonds is 6. The molecular formula is C20H25N5O. The first kappa shape index (κ1) is 17.0. The lowest BCUT2D eigenvalue weighted by Gasteiger charge is -2.30. The van der Waals surface area contributed by atoms with Crippen LogP contribution in [0.5, 0.6) is 0 Å². The maximum atomic E-state index is 12.0. The zero-order valence-electron chi connectivity index (χ0n) is 14.9. The van der Waals surface area contributed by atoms with Crippen molar-refractivity contribution in [2.45, 2.75) is 37.8 Å². The monoisotopic (exact) mass is 351 g/mol. The van der Waals surface area contributed by atoms with Gasteiger partial charge in [0.25, 0.3) is 5.91 Å². The van der Waals surface area contributed by atoms with Gasteiger partial charge in [0, 0.05) is 25.7 Å². The van der Waals surface area contributed by atoms with Crippen LogP contribution in [0.2, 0.25) is 0 Å². The van der Waals surface area contributed by atoms with Gasteiger partial charge in [0.2, 0.25) is 0 Å². The second-order valence-electron chi connectivity index (χ2n) is 7.18. The van der Waals surface area contributed by atoms with E-state index in [2.05, 4.69) is 56.9 Å². The Morgan fingerprint density at radius 3 is 2.65 bits per heavy atom. The van der Waals surface area contributed by atoms with Crippen molar-refractivity contribution < 1.29 is 4.79 Å². The standard InChI is InChI=1S/C20H25N5O/c26-20(21-17-8-9-17)19-15-25(23-22-19)18-10-13-24(14-11-18)12-4-7-16-5-2-1-3-6-16/h1-7,15,17-18H,8-14H2,(H,21,26)/b7-4+. The molecule has 1 aliphatic heterocycles. The number of hydrogen-bond donors (Lipinski definition) is 1. The molecule has 2 heterocycles. The molecule has 1 N–H and O–H groups in total. The third-order valence-corrected chi connectivity index (χ3v) is 5.06. The highest BCUT2D eigenvalue weighted by molar-refractivity contribution is 5.92. The molecule has 2 aromatic rings. The van der Waals surface area contributed by atoms with Crippen LogP contribution >= 0.6 is 0 Å². The molecule has 2 aliphatic rings. The molecule has 0 spiro atoms. The van der Waals surface area contributed by atoms with Gasteiger partial charge in [0.1, 0.15) is 0 Å². The molecule has 1 aromatic heterocycles. The number of nitrogens with zero attached hydrogens (tertiary/aromatic N) is 4. The van der Waals surface area contributed by atoms with Crippen LogP contribution in [0, 0.1) is 0 Å². The average Bonchev–Trinajstić information content (AvgIpc) is 3.35. The van der Waals surface area contributed by atoms with Crippen molar-refractivity contribution in [1.82, 2.24) is 25.2 Å². The van der Waals surface area contributed by atoms with E-state index in [1.807, 2.05) is 10.7 Å². The van der Waals surface area contributed by atoms with Crippen LogP contribution in [0.3, 0.4) is 0 Å². The van der Waals surface area contributed by atoms with E-state index in [-0.39, 0.29) is 5.91 Å². The first-order valence-electron chi connectivity index (χ1n) is 9.44. The Bertz CT molecular complexity index is 758. The Morgan fingerprint density at radius 1 is 1.15 bits per heavy atom. The Morgan fingerprint density at radius 2 is 1.92 bits per heavy atom. The van der Waals surface area contributed by atoms with Crippen molar-refractivity contribution in [3.05, 3.63) is 53.9 Å². The SMILES string of the molecule is O=C(NC1CC1)c1cn(C2CCN(C/C=C/c3ccccc3)CC2)nn1. The normalized spacial score (nSPS) is 19.1. The summed E-state index contributed by atoms with van der Waals surface area (Å²) in [6, 6.07) is 11.1. The number of likely N-dealkylation sites (tertiary alicyclic amines) is 1. The molecule has 2 fully saturated rings. The highest BCUT2D eigenvalue weighted by Gasteiger charge is 2.26. The van der Waals surface area contributed by atoms with Crippen LogP contribution in [-0.4, -0.2) is 51.5 Å². The Hall–Kier alpha value is -2.47. The number of amides is 1. The van der Waals surface area contributed by atoms with Crippen LogP contribution in [0.15, 0.2) is 42.6 Å². The third-order valence-electron chi connectivity index (χ3n) is 5.06. The molecule has 6 heteroatoms. The second-order valence-corrected chi connectivity index (χ2v) is 7.18. The van der Waals surface area contributed by atoms with E-state index in [4.69, 9.17) is 0 Å². The molecule has 1 aliphatic carbocycles. The molecular weight excluding hydrogens is 326 g/mol. The topological polar surface area (TPSA) is 63.1 Å². The van der Waals surface area contributed by atoms with E-state index >= 15 is 0 Å². The number of aromatic nitrogens is 3. The summed E-state index contributed by atoms with van der Waals surface area (Å²) in [6.45, 7) is 3.04. The first-order chi connectivity index (χ1) is 12.8. The van der Waals surface area contributed by atoms with E-state index in [9.17, 15) is 4.79 Å². The molecule has 6 nitrogen and oxygen atoms in total. The maximum absolute atomic E-state index is 12.0. The summed E-state index contributed by atoms with van der Waals surface area (Å²) >= 11 is 0. The fraction of sp³-hybridized carbons (Fsp3) is 0.450. The van der Waals surface area contributed by atoms with Gasteiger partial charge in [-0.1, -0.05) is 47.7 Å². The van der Waals surface area contributed by atoms with Crippen LogP contribution in [0.25, 0.3) is 6.08 Å². The zero-order valence-corrected chi connectivity index (χ0v) is 14.9. The summed E-state index contributed by atoms with van der Waals surface area (Å²) in [6.07, 6.45) is 10.4. The quantitative estimate of drug-likeness (QED) is 0.869. The minimum atomic E-state index is -0.0952. The van der Waals surface area contributed by atoms with E-state index in [1.54, 1.807) is 6.20 Å². The van der Waals surface area contributed by atoms with Crippen LogP contribution in [-0.2, 0) is 0 Å². The minimum absolute atomic E-state index is 0.0952. The number of carbonyl (C=O) groups is 1. The average molecular weight is 351 g/mol.